The van der Waals surface area contributed by atoms with Crippen molar-refractivity contribution in [2.75, 3.05) is 6.54 Å². The van der Waals surface area contributed by atoms with Crippen LogP contribution in [0.25, 0.3) is 0 Å². The molecule has 1 saturated heterocycles. The van der Waals surface area contributed by atoms with Crippen LogP contribution in [0.3, 0.4) is 0 Å². The highest BCUT2D eigenvalue weighted by Crippen LogP contribution is 2.25. The van der Waals surface area contributed by atoms with E-state index in [4.69, 9.17) is 5.11 Å². The Labute approximate surface area is 122 Å². The molecule has 2 heterocycles. The maximum Gasteiger partial charge on any atom is 0.308 e. The molecule has 0 aromatic carbocycles. The van der Waals surface area contributed by atoms with Crippen molar-refractivity contribution in [3.05, 3.63) is 16.1 Å². The number of aryl methyl sites for hydroxylation is 1. The first kappa shape index (κ1) is 15.0. The summed E-state index contributed by atoms with van der Waals surface area (Å²) in [6.45, 7) is 4.35. The first-order valence-corrected chi connectivity index (χ1v) is 7.83. The van der Waals surface area contributed by atoms with Crippen LogP contribution in [-0.4, -0.2) is 39.5 Å². The lowest BCUT2D eigenvalue weighted by Crippen LogP contribution is -2.47. The summed E-state index contributed by atoms with van der Waals surface area (Å²) in [4.78, 5) is 30.2. The van der Waals surface area contributed by atoms with Gasteiger partial charge in [-0.05, 0) is 32.6 Å². The minimum Gasteiger partial charge on any atom is -0.481 e. The molecule has 0 saturated carbocycles. The molecule has 2 atom stereocenters. The summed E-state index contributed by atoms with van der Waals surface area (Å²) >= 11 is 1.42. The maximum absolute atomic E-state index is 12.5. The Morgan fingerprint density at radius 3 is 2.90 bits per heavy atom. The standard InChI is InChI=1S/C14H20N2O3S/c1-3-4-12-15-7-11(20-12)13(17)16-8-10(14(18)19)6-5-9(16)2/h7,9-10H,3-6,8H2,1-2H3,(H,18,19). The van der Waals surface area contributed by atoms with Crippen molar-refractivity contribution in [3.8, 4) is 0 Å². The molecule has 1 aliphatic heterocycles. The molecular weight excluding hydrogens is 276 g/mol. The van der Waals surface area contributed by atoms with Gasteiger partial charge in [-0.15, -0.1) is 11.3 Å². The Morgan fingerprint density at radius 1 is 1.50 bits per heavy atom. The third kappa shape index (κ3) is 3.17. The zero-order chi connectivity index (χ0) is 14.7. The average molecular weight is 296 g/mol. The predicted molar refractivity (Wildman–Crippen MR) is 77.0 cm³/mol. The number of hydrogen-bond acceptors (Lipinski definition) is 4. The topological polar surface area (TPSA) is 70.5 Å². The van der Waals surface area contributed by atoms with Crippen molar-refractivity contribution >= 4 is 23.2 Å². The first-order chi connectivity index (χ1) is 9.52. The molecule has 20 heavy (non-hydrogen) atoms. The van der Waals surface area contributed by atoms with Gasteiger partial charge in [-0.2, -0.15) is 0 Å². The lowest BCUT2D eigenvalue weighted by molar-refractivity contribution is -0.143. The number of likely N-dealkylation sites (tertiary alicyclic amines) is 1. The van der Waals surface area contributed by atoms with Gasteiger partial charge in [0, 0.05) is 12.6 Å². The SMILES string of the molecule is CCCc1ncc(C(=O)N2CC(C(=O)O)CCC2C)s1. The van der Waals surface area contributed by atoms with E-state index >= 15 is 0 Å². The minimum atomic E-state index is -0.814. The number of amides is 1. The summed E-state index contributed by atoms with van der Waals surface area (Å²) in [7, 11) is 0. The molecule has 1 fully saturated rings. The van der Waals surface area contributed by atoms with Gasteiger partial charge < -0.3 is 10.0 Å². The van der Waals surface area contributed by atoms with E-state index in [1.807, 2.05) is 6.92 Å². The Morgan fingerprint density at radius 2 is 2.25 bits per heavy atom. The van der Waals surface area contributed by atoms with Crippen LogP contribution in [0.2, 0.25) is 0 Å². The molecule has 6 heteroatoms. The van der Waals surface area contributed by atoms with E-state index in [-0.39, 0.29) is 11.9 Å². The molecule has 1 aromatic heterocycles. The summed E-state index contributed by atoms with van der Waals surface area (Å²) in [5, 5.41) is 10.1. The van der Waals surface area contributed by atoms with Crippen LogP contribution in [0.15, 0.2) is 6.20 Å². The molecule has 2 unspecified atom stereocenters. The Bertz CT molecular complexity index is 500. The number of carbonyl (C=O) groups is 2. The fourth-order valence-corrected chi connectivity index (χ4v) is 3.45. The number of thiazole rings is 1. The van der Waals surface area contributed by atoms with E-state index in [9.17, 15) is 9.59 Å². The zero-order valence-electron chi connectivity index (χ0n) is 11.8. The summed E-state index contributed by atoms with van der Waals surface area (Å²) in [5.74, 6) is -1.34. The summed E-state index contributed by atoms with van der Waals surface area (Å²) < 4.78 is 0. The maximum atomic E-state index is 12.5. The van der Waals surface area contributed by atoms with Crippen LogP contribution < -0.4 is 0 Å². The van der Waals surface area contributed by atoms with E-state index in [1.165, 1.54) is 11.3 Å². The molecular formula is C14H20N2O3S. The normalized spacial score (nSPS) is 22.8. The van der Waals surface area contributed by atoms with Crippen LogP contribution in [0.4, 0.5) is 0 Å². The van der Waals surface area contributed by atoms with E-state index in [0.29, 0.717) is 17.8 Å². The number of rotatable bonds is 4. The quantitative estimate of drug-likeness (QED) is 0.926. The molecule has 0 spiro atoms. The Hall–Kier alpha value is -1.43. The Kier molecular flexibility index (Phi) is 4.75. The number of nitrogens with zero attached hydrogens (tertiary/aromatic N) is 2. The molecule has 1 aromatic rings. The number of hydrogen-bond donors (Lipinski definition) is 1. The zero-order valence-corrected chi connectivity index (χ0v) is 12.7. The van der Waals surface area contributed by atoms with Crippen LogP contribution in [0, 0.1) is 5.92 Å². The van der Waals surface area contributed by atoms with Crippen molar-refractivity contribution in [2.45, 2.75) is 45.6 Å². The third-order valence-corrected chi connectivity index (χ3v) is 4.77. The van der Waals surface area contributed by atoms with Crippen LogP contribution in [0.5, 0.6) is 0 Å². The van der Waals surface area contributed by atoms with Crippen LogP contribution in [-0.2, 0) is 11.2 Å². The van der Waals surface area contributed by atoms with Crippen molar-refractivity contribution in [3.63, 3.8) is 0 Å². The molecule has 0 bridgehead atoms. The number of carboxylic acid groups (broad SMARTS) is 1. The average Bonchev–Trinajstić information content (AvgIpc) is 2.87. The fourth-order valence-electron chi connectivity index (χ4n) is 2.47. The van der Waals surface area contributed by atoms with Gasteiger partial charge in [0.15, 0.2) is 0 Å². The Balaban J connectivity index is 2.11. The van der Waals surface area contributed by atoms with Crippen molar-refractivity contribution in [1.29, 1.82) is 0 Å². The van der Waals surface area contributed by atoms with Crippen LogP contribution in [0.1, 0.15) is 47.8 Å². The number of carbonyl (C=O) groups excluding carboxylic acids is 1. The smallest absolute Gasteiger partial charge is 0.308 e. The van der Waals surface area contributed by atoms with E-state index in [0.717, 1.165) is 24.3 Å². The van der Waals surface area contributed by atoms with Gasteiger partial charge in [-0.1, -0.05) is 6.92 Å². The van der Waals surface area contributed by atoms with Crippen molar-refractivity contribution < 1.29 is 14.7 Å². The van der Waals surface area contributed by atoms with E-state index < -0.39 is 11.9 Å². The molecule has 5 nitrogen and oxygen atoms in total. The van der Waals surface area contributed by atoms with Crippen molar-refractivity contribution in [1.82, 2.24) is 9.88 Å². The number of carboxylic acids is 1. The fraction of sp³-hybridized carbons (Fsp3) is 0.643. The lowest BCUT2D eigenvalue weighted by atomic mass is 9.93. The van der Waals surface area contributed by atoms with Gasteiger partial charge in [0.25, 0.3) is 5.91 Å². The highest BCUT2D eigenvalue weighted by molar-refractivity contribution is 7.13. The van der Waals surface area contributed by atoms with Crippen molar-refractivity contribution in [2.24, 2.45) is 5.92 Å². The van der Waals surface area contributed by atoms with Gasteiger partial charge in [-0.3, -0.25) is 9.59 Å². The first-order valence-electron chi connectivity index (χ1n) is 7.01. The number of piperidine rings is 1. The van der Waals surface area contributed by atoms with E-state index in [1.54, 1.807) is 11.1 Å². The second-order valence-electron chi connectivity index (χ2n) is 5.29. The number of aromatic nitrogens is 1. The third-order valence-electron chi connectivity index (χ3n) is 3.72. The highest BCUT2D eigenvalue weighted by Gasteiger charge is 2.33. The highest BCUT2D eigenvalue weighted by atomic mass is 32.1. The molecule has 110 valence electrons. The number of aliphatic carboxylic acids is 1. The van der Waals surface area contributed by atoms with Gasteiger partial charge in [0.2, 0.25) is 0 Å². The van der Waals surface area contributed by atoms with Gasteiger partial charge in [0.1, 0.15) is 4.88 Å². The van der Waals surface area contributed by atoms with Crippen LogP contribution >= 0.6 is 11.3 Å². The van der Waals surface area contributed by atoms with E-state index in [2.05, 4.69) is 11.9 Å². The summed E-state index contributed by atoms with van der Waals surface area (Å²) in [6, 6.07) is 0.0924. The molecule has 2 rings (SSSR count). The lowest BCUT2D eigenvalue weighted by Gasteiger charge is -2.36. The second kappa shape index (κ2) is 6.35. The summed E-state index contributed by atoms with van der Waals surface area (Å²) in [5.41, 5.74) is 0. The van der Waals surface area contributed by atoms with Gasteiger partial charge >= 0.3 is 5.97 Å². The predicted octanol–water partition coefficient (Wildman–Crippen LogP) is 2.42. The molecule has 0 aliphatic carbocycles. The minimum absolute atomic E-state index is 0.0803. The van der Waals surface area contributed by atoms with Gasteiger partial charge in [-0.25, -0.2) is 4.98 Å². The molecule has 1 N–H and O–H groups in total. The monoisotopic (exact) mass is 296 g/mol. The van der Waals surface area contributed by atoms with Gasteiger partial charge in [0.05, 0.1) is 17.1 Å². The largest absolute Gasteiger partial charge is 0.481 e. The summed E-state index contributed by atoms with van der Waals surface area (Å²) in [6.07, 6.45) is 4.88. The second-order valence-corrected chi connectivity index (χ2v) is 6.40. The molecule has 1 amide bonds. The molecule has 0 radical (unpaired) electrons. The molecule has 1 aliphatic rings.